The summed E-state index contributed by atoms with van der Waals surface area (Å²) in [4.78, 5) is 33.0. The van der Waals surface area contributed by atoms with Gasteiger partial charge in [0.25, 0.3) is 0 Å². The number of carbonyl (C=O) groups is 1. The van der Waals surface area contributed by atoms with Crippen LogP contribution in [0.2, 0.25) is 0 Å². The van der Waals surface area contributed by atoms with Crippen LogP contribution in [0, 0.1) is 5.41 Å². The highest BCUT2D eigenvalue weighted by atomic mass is 16.2. The lowest BCUT2D eigenvalue weighted by Crippen LogP contribution is -2.48. The maximum atomic E-state index is 12.5. The van der Waals surface area contributed by atoms with E-state index in [9.17, 15) is 9.59 Å². The largest absolute Gasteiger partial charge is 0.354 e. The van der Waals surface area contributed by atoms with Crippen molar-refractivity contribution < 1.29 is 4.79 Å². The van der Waals surface area contributed by atoms with E-state index in [-0.39, 0.29) is 11.8 Å². The maximum Gasteiger partial charge on any atom is 0.354 e. The first-order chi connectivity index (χ1) is 15.0. The Labute approximate surface area is 181 Å². The summed E-state index contributed by atoms with van der Waals surface area (Å²) in [6, 6.07) is 9.67. The second-order valence-electron chi connectivity index (χ2n) is 8.94. The van der Waals surface area contributed by atoms with Gasteiger partial charge in [-0.2, -0.15) is 4.98 Å². The minimum atomic E-state index is -0.424. The molecule has 9 nitrogen and oxygen atoms in total. The summed E-state index contributed by atoms with van der Waals surface area (Å²) >= 11 is 0. The van der Waals surface area contributed by atoms with Crippen LogP contribution in [0.4, 0.5) is 10.6 Å². The Morgan fingerprint density at radius 1 is 1.19 bits per heavy atom. The number of benzene rings is 1. The Balaban J connectivity index is 1.23. The number of piperazine rings is 1. The molecule has 1 spiro atoms. The van der Waals surface area contributed by atoms with Crippen LogP contribution in [-0.2, 0) is 6.54 Å². The van der Waals surface area contributed by atoms with Gasteiger partial charge in [0.2, 0.25) is 0 Å². The molecule has 2 amide bonds. The van der Waals surface area contributed by atoms with Crippen LogP contribution in [0.1, 0.15) is 18.4 Å². The fraction of sp³-hybridized carbons (Fsp3) is 0.500. The van der Waals surface area contributed by atoms with Gasteiger partial charge in [0.1, 0.15) is 5.82 Å². The summed E-state index contributed by atoms with van der Waals surface area (Å²) in [6.07, 6.45) is 4.16. The quantitative estimate of drug-likeness (QED) is 0.664. The monoisotopic (exact) mass is 423 g/mol. The van der Waals surface area contributed by atoms with Gasteiger partial charge in [-0.1, -0.05) is 12.1 Å². The third kappa shape index (κ3) is 4.21. The van der Waals surface area contributed by atoms with E-state index in [0.29, 0.717) is 24.5 Å². The van der Waals surface area contributed by atoms with Gasteiger partial charge >= 0.3 is 11.7 Å². The minimum absolute atomic E-state index is 0.231. The molecule has 31 heavy (non-hydrogen) atoms. The van der Waals surface area contributed by atoms with Crippen molar-refractivity contribution in [1.29, 1.82) is 0 Å². The first kappa shape index (κ1) is 20.2. The van der Waals surface area contributed by atoms with Gasteiger partial charge in [0.05, 0.1) is 5.69 Å². The number of nitrogens with two attached hydrogens (primary N) is 1. The van der Waals surface area contributed by atoms with Crippen molar-refractivity contribution in [1.82, 2.24) is 24.7 Å². The van der Waals surface area contributed by atoms with Crippen molar-refractivity contribution in [2.75, 3.05) is 44.6 Å². The number of likely N-dealkylation sites (tertiary alicyclic amines) is 1. The average Bonchev–Trinajstić information content (AvgIpc) is 3.49. The van der Waals surface area contributed by atoms with Crippen molar-refractivity contribution >= 4 is 11.8 Å². The number of rotatable bonds is 4. The zero-order valence-electron chi connectivity index (χ0n) is 17.6. The van der Waals surface area contributed by atoms with Gasteiger partial charge in [-0.25, -0.2) is 9.59 Å². The van der Waals surface area contributed by atoms with Gasteiger partial charge in [-0.15, -0.1) is 0 Å². The van der Waals surface area contributed by atoms with Crippen LogP contribution in [0.25, 0.3) is 5.69 Å². The molecule has 3 fully saturated rings. The Hall–Kier alpha value is -2.75. The molecule has 3 heterocycles. The zero-order valence-corrected chi connectivity index (χ0v) is 17.6. The molecule has 0 unspecified atom stereocenters. The molecule has 1 saturated carbocycles. The number of nitrogens with one attached hydrogen (secondary N) is 2. The normalized spacial score (nSPS) is 22.6. The van der Waals surface area contributed by atoms with E-state index < -0.39 is 5.69 Å². The SMILES string of the molecule is N[C@@H]1CN(Cc2ccc(-n3ccc(NC(=O)N4CCNCC4)nc3=O)cc2)CC12CC2. The average molecular weight is 424 g/mol. The van der Waals surface area contributed by atoms with Crippen molar-refractivity contribution in [2.24, 2.45) is 11.1 Å². The van der Waals surface area contributed by atoms with Crippen LogP contribution in [0.5, 0.6) is 0 Å². The highest BCUT2D eigenvalue weighted by molar-refractivity contribution is 5.88. The van der Waals surface area contributed by atoms with Gasteiger partial charge in [0, 0.05) is 58.1 Å². The lowest BCUT2D eigenvalue weighted by Gasteiger charge is -2.27. The molecule has 5 rings (SSSR count). The molecule has 0 radical (unpaired) electrons. The smallest absolute Gasteiger partial charge is 0.326 e. The van der Waals surface area contributed by atoms with Gasteiger partial charge in [0.15, 0.2) is 0 Å². The molecule has 1 aromatic heterocycles. The zero-order chi connectivity index (χ0) is 21.4. The molecule has 1 aromatic carbocycles. The van der Waals surface area contributed by atoms with Crippen molar-refractivity contribution in [3.05, 3.63) is 52.6 Å². The van der Waals surface area contributed by atoms with Gasteiger partial charge in [-0.05, 0) is 42.0 Å². The molecule has 1 atom stereocenters. The van der Waals surface area contributed by atoms with Crippen molar-refractivity contribution in [3.8, 4) is 5.69 Å². The molecule has 0 bridgehead atoms. The third-order valence-corrected chi connectivity index (χ3v) is 6.74. The first-order valence-electron chi connectivity index (χ1n) is 11.0. The van der Waals surface area contributed by atoms with Crippen LogP contribution in [-0.4, -0.2) is 70.7 Å². The summed E-state index contributed by atoms with van der Waals surface area (Å²) < 4.78 is 1.48. The Morgan fingerprint density at radius 3 is 2.58 bits per heavy atom. The molecule has 3 aliphatic rings. The molecule has 2 aliphatic heterocycles. The highest BCUT2D eigenvalue weighted by Crippen LogP contribution is 2.52. The number of carbonyl (C=O) groups excluding carboxylic acids is 1. The van der Waals surface area contributed by atoms with Gasteiger partial charge in [-0.3, -0.25) is 14.8 Å². The van der Waals surface area contributed by atoms with Crippen LogP contribution < -0.4 is 22.1 Å². The molecule has 4 N–H and O–H groups in total. The number of urea groups is 1. The molecule has 2 aromatic rings. The molecule has 9 heteroatoms. The van der Waals surface area contributed by atoms with Crippen LogP contribution in [0.3, 0.4) is 0 Å². The van der Waals surface area contributed by atoms with Crippen molar-refractivity contribution in [2.45, 2.75) is 25.4 Å². The molecule has 1 aliphatic carbocycles. The molecular formula is C22H29N7O2. The summed E-state index contributed by atoms with van der Waals surface area (Å²) in [7, 11) is 0. The molecule has 2 saturated heterocycles. The second-order valence-corrected chi connectivity index (χ2v) is 8.94. The second kappa shape index (κ2) is 8.07. The first-order valence-corrected chi connectivity index (χ1v) is 11.0. The summed E-state index contributed by atoms with van der Waals surface area (Å²) in [6.45, 7) is 5.72. The van der Waals surface area contributed by atoms with Crippen molar-refractivity contribution in [3.63, 3.8) is 0 Å². The van der Waals surface area contributed by atoms with E-state index in [0.717, 1.165) is 38.4 Å². The topological polar surface area (TPSA) is 109 Å². The van der Waals surface area contributed by atoms with E-state index in [4.69, 9.17) is 5.73 Å². The lowest BCUT2D eigenvalue weighted by atomic mass is 10.0. The summed E-state index contributed by atoms with van der Waals surface area (Å²) in [5.74, 6) is 0.265. The predicted molar refractivity (Wildman–Crippen MR) is 118 cm³/mol. The van der Waals surface area contributed by atoms with E-state index in [1.807, 2.05) is 24.3 Å². The number of aromatic nitrogens is 2. The third-order valence-electron chi connectivity index (χ3n) is 6.74. The lowest BCUT2D eigenvalue weighted by molar-refractivity contribution is 0.204. The standard InChI is InChI=1S/C22H29N7O2/c23-18-14-27(15-22(18)6-7-22)13-16-1-3-17(4-2-16)29-10-5-19(26-21(29)31)25-20(30)28-11-8-24-9-12-28/h1-5,10,18,24H,6-9,11-15,23H2,(H,25,26,30,31)/t18-/m1/s1. The summed E-state index contributed by atoms with van der Waals surface area (Å²) in [5.41, 5.74) is 8.21. The number of amides is 2. The Kier molecular flexibility index (Phi) is 5.25. The van der Waals surface area contributed by atoms with E-state index in [1.54, 1.807) is 17.2 Å². The fourth-order valence-corrected chi connectivity index (χ4v) is 4.65. The number of anilines is 1. The highest BCUT2D eigenvalue weighted by Gasteiger charge is 2.53. The van der Waals surface area contributed by atoms with E-state index in [1.165, 1.54) is 23.0 Å². The Bertz CT molecular complexity index is 1010. The van der Waals surface area contributed by atoms with E-state index in [2.05, 4.69) is 20.5 Å². The van der Waals surface area contributed by atoms with Gasteiger partial charge < -0.3 is 16.0 Å². The number of hydrogen-bond acceptors (Lipinski definition) is 6. The Morgan fingerprint density at radius 2 is 1.94 bits per heavy atom. The number of hydrogen-bond donors (Lipinski definition) is 3. The summed E-state index contributed by atoms with van der Waals surface area (Å²) in [5, 5.41) is 5.92. The van der Waals surface area contributed by atoms with E-state index >= 15 is 0 Å². The molecule has 164 valence electrons. The minimum Gasteiger partial charge on any atom is -0.326 e. The van der Waals surface area contributed by atoms with Crippen LogP contribution in [0.15, 0.2) is 41.3 Å². The number of nitrogens with zero attached hydrogens (tertiary/aromatic N) is 4. The fourth-order valence-electron chi connectivity index (χ4n) is 4.65. The maximum absolute atomic E-state index is 12.5. The predicted octanol–water partition coefficient (Wildman–Crippen LogP) is 0.593. The molecular weight excluding hydrogens is 394 g/mol. The van der Waals surface area contributed by atoms with Crippen LogP contribution >= 0.6 is 0 Å².